The summed E-state index contributed by atoms with van der Waals surface area (Å²) in [7, 11) is 0. The van der Waals surface area contributed by atoms with Crippen LogP contribution in [0.15, 0.2) is 15.9 Å². The molecule has 0 aromatic carbocycles. The van der Waals surface area contributed by atoms with Gasteiger partial charge in [0, 0.05) is 20.8 Å². The monoisotopic (exact) mass is 329 g/mol. The van der Waals surface area contributed by atoms with Gasteiger partial charge in [0.15, 0.2) is 0 Å². The predicted octanol–water partition coefficient (Wildman–Crippen LogP) is 4.86. The summed E-state index contributed by atoms with van der Waals surface area (Å²) in [4.78, 5) is 1.53. The van der Waals surface area contributed by atoms with Gasteiger partial charge in [0.2, 0.25) is 0 Å². The number of thiophene rings is 1. The van der Waals surface area contributed by atoms with Crippen LogP contribution < -0.4 is 5.32 Å². The van der Waals surface area contributed by atoms with Crippen LogP contribution in [0.3, 0.4) is 0 Å². The lowest BCUT2D eigenvalue weighted by molar-refractivity contribution is 0.314. The van der Waals surface area contributed by atoms with Gasteiger partial charge in [-0.15, -0.1) is 11.3 Å². The molecule has 1 aliphatic carbocycles. The highest BCUT2D eigenvalue weighted by Crippen LogP contribution is 2.34. The predicted molar refractivity (Wildman–Crippen MR) is 84.3 cm³/mol. The first kappa shape index (κ1) is 14.5. The van der Waals surface area contributed by atoms with Gasteiger partial charge < -0.3 is 5.32 Å². The maximum atomic E-state index is 3.64. The second-order valence-corrected chi connectivity index (χ2v) is 7.71. The molecule has 1 aliphatic rings. The van der Waals surface area contributed by atoms with Gasteiger partial charge in [-0.1, -0.05) is 39.5 Å². The maximum Gasteiger partial charge on any atom is 0.0285 e. The van der Waals surface area contributed by atoms with Gasteiger partial charge in [0.05, 0.1) is 0 Å². The molecular formula is C15H24BrNS. The molecule has 0 aliphatic heterocycles. The minimum Gasteiger partial charge on any atom is -0.314 e. The topological polar surface area (TPSA) is 12.0 Å². The number of hydrogen-bond acceptors (Lipinski definition) is 2. The highest BCUT2D eigenvalue weighted by Gasteiger charge is 2.25. The van der Waals surface area contributed by atoms with Gasteiger partial charge in [-0.05, 0) is 46.8 Å². The maximum absolute atomic E-state index is 3.64. The highest BCUT2D eigenvalue weighted by molar-refractivity contribution is 9.10. The molecule has 1 heterocycles. The van der Waals surface area contributed by atoms with Gasteiger partial charge in [-0.3, -0.25) is 0 Å². The van der Waals surface area contributed by atoms with Gasteiger partial charge in [0.1, 0.15) is 0 Å². The fraction of sp³-hybridized carbons (Fsp3) is 0.733. The fourth-order valence-electron chi connectivity index (χ4n) is 2.94. The van der Waals surface area contributed by atoms with E-state index in [0.29, 0.717) is 6.04 Å². The van der Waals surface area contributed by atoms with Crippen molar-refractivity contribution in [2.75, 3.05) is 6.54 Å². The highest BCUT2D eigenvalue weighted by atomic mass is 79.9. The molecule has 1 atom stereocenters. The summed E-state index contributed by atoms with van der Waals surface area (Å²) in [6, 6.07) is 2.89. The Labute approximate surface area is 123 Å². The minimum absolute atomic E-state index is 0.601. The van der Waals surface area contributed by atoms with E-state index in [1.807, 2.05) is 11.3 Å². The molecular weight excluding hydrogens is 306 g/mol. The molecule has 3 heteroatoms. The van der Waals surface area contributed by atoms with E-state index in [1.54, 1.807) is 0 Å². The van der Waals surface area contributed by atoms with Crippen LogP contribution in [0.2, 0.25) is 0 Å². The first-order valence-electron chi connectivity index (χ1n) is 7.11. The Bertz CT molecular complexity index is 355. The third kappa shape index (κ3) is 4.36. The molecule has 18 heavy (non-hydrogen) atoms. The van der Waals surface area contributed by atoms with Crippen LogP contribution in [0.1, 0.15) is 44.4 Å². The zero-order valence-electron chi connectivity index (χ0n) is 11.4. The van der Waals surface area contributed by atoms with E-state index in [9.17, 15) is 0 Å². The van der Waals surface area contributed by atoms with E-state index in [0.717, 1.165) is 11.8 Å². The molecule has 1 aromatic rings. The molecule has 1 aromatic heterocycles. The lowest BCUT2D eigenvalue weighted by Gasteiger charge is -2.24. The molecule has 0 spiro atoms. The standard InChI is InChI=1S/C15H24BrNS/c1-11(2)17-9-13(12-5-3-4-6-12)7-15-8-14(16)10-18-15/h8,10-13,17H,3-7,9H2,1-2H3. The molecule has 0 saturated heterocycles. The average Bonchev–Trinajstić information content (AvgIpc) is 2.95. The van der Waals surface area contributed by atoms with Crippen molar-refractivity contribution in [2.45, 2.75) is 52.0 Å². The van der Waals surface area contributed by atoms with Crippen molar-refractivity contribution in [1.82, 2.24) is 5.32 Å². The Morgan fingerprint density at radius 3 is 2.67 bits per heavy atom. The zero-order valence-corrected chi connectivity index (χ0v) is 13.8. The van der Waals surface area contributed by atoms with Gasteiger partial charge >= 0.3 is 0 Å². The summed E-state index contributed by atoms with van der Waals surface area (Å²) >= 11 is 5.46. The van der Waals surface area contributed by atoms with Crippen LogP contribution in [0.25, 0.3) is 0 Å². The molecule has 0 bridgehead atoms. The van der Waals surface area contributed by atoms with Crippen LogP contribution in [0, 0.1) is 11.8 Å². The number of halogens is 1. The number of nitrogens with one attached hydrogen (secondary N) is 1. The van der Waals surface area contributed by atoms with E-state index in [2.05, 4.69) is 46.5 Å². The van der Waals surface area contributed by atoms with Crippen molar-refractivity contribution in [3.63, 3.8) is 0 Å². The summed E-state index contributed by atoms with van der Waals surface area (Å²) in [5, 5.41) is 5.85. The lowest BCUT2D eigenvalue weighted by Crippen LogP contribution is -2.33. The fourth-order valence-corrected chi connectivity index (χ4v) is 4.49. The third-order valence-corrected chi connectivity index (χ3v) is 5.66. The smallest absolute Gasteiger partial charge is 0.0285 e. The van der Waals surface area contributed by atoms with Gasteiger partial charge in [0.25, 0.3) is 0 Å². The third-order valence-electron chi connectivity index (χ3n) is 3.94. The Kier molecular flexibility index (Phi) is 5.71. The summed E-state index contributed by atoms with van der Waals surface area (Å²) < 4.78 is 1.24. The van der Waals surface area contributed by atoms with Gasteiger partial charge in [-0.25, -0.2) is 0 Å². The molecule has 0 radical (unpaired) electrons. The largest absolute Gasteiger partial charge is 0.314 e. The van der Waals surface area contributed by atoms with Gasteiger partial charge in [-0.2, -0.15) is 0 Å². The Balaban J connectivity index is 1.94. The van der Waals surface area contributed by atoms with E-state index in [4.69, 9.17) is 0 Å². The first-order valence-corrected chi connectivity index (χ1v) is 8.78. The van der Waals surface area contributed by atoms with Crippen molar-refractivity contribution in [1.29, 1.82) is 0 Å². The summed E-state index contributed by atoms with van der Waals surface area (Å²) in [6.45, 7) is 5.67. The zero-order chi connectivity index (χ0) is 13.0. The molecule has 1 saturated carbocycles. The SMILES string of the molecule is CC(C)NCC(Cc1cc(Br)cs1)C1CCCC1. The Hall–Kier alpha value is 0.140. The second-order valence-electron chi connectivity index (χ2n) is 5.80. The van der Waals surface area contributed by atoms with E-state index in [1.165, 1.54) is 48.0 Å². The second kappa shape index (κ2) is 7.06. The Morgan fingerprint density at radius 1 is 1.39 bits per heavy atom. The quantitative estimate of drug-likeness (QED) is 0.786. The first-order chi connectivity index (χ1) is 8.65. The summed E-state index contributed by atoms with van der Waals surface area (Å²) in [6.07, 6.45) is 7.02. The van der Waals surface area contributed by atoms with Crippen LogP contribution >= 0.6 is 27.3 Å². The number of rotatable bonds is 6. The summed E-state index contributed by atoms with van der Waals surface area (Å²) in [5.74, 6) is 1.76. The average molecular weight is 330 g/mol. The molecule has 2 rings (SSSR count). The molecule has 1 N–H and O–H groups in total. The van der Waals surface area contributed by atoms with Crippen LogP contribution in [0.4, 0.5) is 0 Å². The molecule has 0 amide bonds. The molecule has 102 valence electrons. The van der Waals surface area contributed by atoms with E-state index < -0.39 is 0 Å². The van der Waals surface area contributed by atoms with E-state index in [-0.39, 0.29) is 0 Å². The van der Waals surface area contributed by atoms with Crippen LogP contribution in [-0.2, 0) is 6.42 Å². The molecule has 1 unspecified atom stereocenters. The van der Waals surface area contributed by atoms with Crippen LogP contribution in [0.5, 0.6) is 0 Å². The van der Waals surface area contributed by atoms with Crippen molar-refractivity contribution in [2.24, 2.45) is 11.8 Å². The van der Waals surface area contributed by atoms with Crippen molar-refractivity contribution in [3.05, 3.63) is 20.8 Å². The molecule has 1 fully saturated rings. The molecule has 1 nitrogen and oxygen atoms in total. The number of hydrogen-bond donors (Lipinski definition) is 1. The lowest BCUT2D eigenvalue weighted by atomic mass is 9.87. The van der Waals surface area contributed by atoms with E-state index >= 15 is 0 Å². The van der Waals surface area contributed by atoms with Crippen molar-refractivity contribution in [3.8, 4) is 0 Å². The normalized spacial score (nSPS) is 18.7. The Morgan fingerprint density at radius 2 is 2.11 bits per heavy atom. The summed E-state index contributed by atoms with van der Waals surface area (Å²) in [5.41, 5.74) is 0. The van der Waals surface area contributed by atoms with Crippen molar-refractivity contribution >= 4 is 27.3 Å². The van der Waals surface area contributed by atoms with Crippen LogP contribution in [-0.4, -0.2) is 12.6 Å². The van der Waals surface area contributed by atoms with Crippen molar-refractivity contribution < 1.29 is 0 Å². The minimum atomic E-state index is 0.601.